The smallest absolute Gasteiger partial charge is 0.306 e. The topological polar surface area (TPSA) is 74.7 Å². The van der Waals surface area contributed by atoms with Crippen LogP contribution in [-0.4, -0.2) is 34.3 Å². The van der Waals surface area contributed by atoms with E-state index in [2.05, 4.69) is 0 Å². The van der Waals surface area contributed by atoms with Crippen molar-refractivity contribution in [2.45, 2.75) is 38.5 Å². The van der Waals surface area contributed by atoms with Gasteiger partial charge in [0.25, 0.3) is 0 Å². The molecule has 2 amide bonds. The molecular weight excluding hydrogens is 246 g/mol. The molecule has 2 saturated carbocycles. The van der Waals surface area contributed by atoms with Gasteiger partial charge in [-0.1, -0.05) is 6.42 Å². The van der Waals surface area contributed by atoms with Gasteiger partial charge in [0, 0.05) is 18.4 Å². The number of carbonyl (C=O) groups excluding carboxylic acids is 2. The van der Waals surface area contributed by atoms with Crippen LogP contribution in [0.25, 0.3) is 0 Å². The van der Waals surface area contributed by atoms with Gasteiger partial charge in [-0.2, -0.15) is 0 Å². The third-order valence-corrected chi connectivity index (χ3v) is 5.06. The fourth-order valence-corrected chi connectivity index (χ4v) is 3.97. The minimum Gasteiger partial charge on any atom is -0.481 e. The van der Waals surface area contributed by atoms with Crippen molar-refractivity contribution in [3.8, 4) is 0 Å². The van der Waals surface area contributed by atoms with Crippen molar-refractivity contribution in [1.82, 2.24) is 4.90 Å². The second-order valence-corrected chi connectivity index (χ2v) is 6.13. The molecule has 1 N–H and O–H groups in total. The van der Waals surface area contributed by atoms with Gasteiger partial charge in [-0.05, 0) is 38.0 Å². The van der Waals surface area contributed by atoms with Crippen LogP contribution in [0.15, 0.2) is 0 Å². The second kappa shape index (κ2) is 4.62. The van der Waals surface area contributed by atoms with Crippen LogP contribution in [0.3, 0.4) is 0 Å². The maximum absolute atomic E-state index is 12.2. The second-order valence-electron chi connectivity index (χ2n) is 6.13. The number of carboxylic acid groups (broad SMARTS) is 1. The molecule has 1 saturated heterocycles. The summed E-state index contributed by atoms with van der Waals surface area (Å²) in [5.74, 6) is -1.34. The Balaban J connectivity index is 1.73. The molecule has 1 heterocycles. The van der Waals surface area contributed by atoms with Crippen LogP contribution >= 0.6 is 0 Å². The summed E-state index contributed by atoms with van der Waals surface area (Å²) in [6.07, 6.45) is 4.70. The van der Waals surface area contributed by atoms with Gasteiger partial charge in [0.05, 0.1) is 5.92 Å². The van der Waals surface area contributed by atoms with E-state index < -0.39 is 5.97 Å². The number of carbonyl (C=O) groups is 3. The SMILES string of the molecule is O=C(O)C1CCCC1CN1C(=O)C2CCC(C2)C1=O. The Morgan fingerprint density at radius 1 is 1.11 bits per heavy atom. The maximum atomic E-state index is 12.2. The minimum atomic E-state index is -0.789. The molecular formula is C14H19NO4. The van der Waals surface area contributed by atoms with Gasteiger partial charge in [0.15, 0.2) is 0 Å². The standard InChI is InChI=1S/C14H19NO4/c16-12-8-4-5-9(6-8)13(17)15(12)7-10-2-1-3-11(10)14(18)19/h8-11H,1-7H2,(H,18,19). The van der Waals surface area contributed by atoms with Crippen LogP contribution in [0.4, 0.5) is 0 Å². The predicted molar refractivity (Wildman–Crippen MR) is 66.0 cm³/mol. The fourth-order valence-electron chi connectivity index (χ4n) is 3.97. The van der Waals surface area contributed by atoms with Crippen LogP contribution < -0.4 is 0 Å². The summed E-state index contributed by atoms with van der Waals surface area (Å²) in [5, 5.41) is 9.17. The van der Waals surface area contributed by atoms with Crippen LogP contribution in [0, 0.1) is 23.7 Å². The average molecular weight is 265 g/mol. The lowest BCUT2D eigenvalue weighted by atomic mass is 9.92. The van der Waals surface area contributed by atoms with Crippen molar-refractivity contribution < 1.29 is 19.5 Å². The zero-order chi connectivity index (χ0) is 13.6. The number of hydrogen-bond donors (Lipinski definition) is 1. The van der Waals surface area contributed by atoms with Crippen LogP contribution in [0.1, 0.15) is 38.5 Å². The molecule has 5 heteroatoms. The van der Waals surface area contributed by atoms with Crippen LogP contribution in [-0.2, 0) is 14.4 Å². The minimum absolute atomic E-state index is 0.00683. The Bertz CT molecular complexity index is 411. The van der Waals surface area contributed by atoms with Crippen molar-refractivity contribution in [2.24, 2.45) is 23.7 Å². The highest BCUT2D eigenvalue weighted by atomic mass is 16.4. The van der Waals surface area contributed by atoms with E-state index >= 15 is 0 Å². The molecule has 4 atom stereocenters. The van der Waals surface area contributed by atoms with E-state index in [1.807, 2.05) is 0 Å². The van der Waals surface area contributed by atoms with Gasteiger partial charge in [-0.25, -0.2) is 0 Å². The van der Waals surface area contributed by atoms with Gasteiger partial charge >= 0.3 is 5.97 Å². The number of rotatable bonds is 3. The number of piperidine rings is 1. The Kier molecular flexibility index (Phi) is 3.07. The zero-order valence-corrected chi connectivity index (χ0v) is 10.9. The van der Waals surface area contributed by atoms with Crippen LogP contribution in [0.5, 0.6) is 0 Å². The summed E-state index contributed by atoms with van der Waals surface area (Å²) in [6, 6.07) is 0. The quantitative estimate of drug-likeness (QED) is 0.780. The molecule has 0 aromatic rings. The van der Waals surface area contributed by atoms with Crippen molar-refractivity contribution in [3.05, 3.63) is 0 Å². The highest BCUT2D eigenvalue weighted by molar-refractivity contribution is 6.00. The fraction of sp³-hybridized carbons (Fsp3) is 0.786. The molecule has 5 nitrogen and oxygen atoms in total. The van der Waals surface area contributed by atoms with Crippen LogP contribution in [0.2, 0.25) is 0 Å². The third kappa shape index (κ3) is 2.05. The maximum Gasteiger partial charge on any atom is 0.306 e. The molecule has 1 aliphatic heterocycles. The lowest BCUT2D eigenvalue weighted by Crippen LogP contribution is -2.49. The first kappa shape index (κ1) is 12.6. The van der Waals surface area contributed by atoms with Gasteiger partial charge in [-0.3, -0.25) is 19.3 Å². The number of aliphatic carboxylic acids is 1. The average Bonchev–Trinajstić information content (AvgIpc) is 3.00. The summed E-state index contributed by atoms with van der Waals surface area (Å²) in [7, 11) is 0. The summed E-state index contributed by atoms with van der Waals surface area (Å²) in [4.78, 5) is 37.0. The zero-order valence-electron chi connectivity index (χ0n) is 10.9. The van der Waals surface area contributed by atoms with Crippen molar-refractivity contribution in [2.75, 3.05) is 6.54 Å². The number of amides is 2. The van der Waals surface area contributed by atoms with Gasteiger partial charge < -0.3 is 5.11 Å². The van der Waals surface area contributed by atoms with E-state index in [1.54, 1.807) is 0 Å². The third-order valence-electron chi connectivity index (χ3n) is 5.06. The van der Waals surface area contributed by atoms with Crippen molar-refractivity contribution >= 4 is 17.8 Å². The van der Waals surface area contributed by atoms with Crippen molar-refractivity contribution in [1.29, 1.82) is 0 Å². The first-order chi connectivity index (χ1) is 9.08. The number of nitrogens with zero attached hydrogens (tertiary/aromatic N) is 1. The largest absolute Gasteiger partial charge is 0.481 e. The molecule has 2 bridgehead atoms. The Labute approximate surface area is 112 Å². The molecule has 0 radical (unpaired) electrons. The first-order valence-corrected chi connectivity index (χ1v) is 7.16. The molecule has 104 valence electrons. The van der Waals surface area contributed by atoms with E-state index in [9.17, 15) is 19.5 Å². The summed E-state index contributed by atoms with van der Waals surface area (Å²) in [5.41, 5.74) is 0. The normalized spacial score (nSPS) is 38.0. The molecule has 0 aromatic heterocycles. The van der Waals surface area contributed by atoms with Gasteiger partial charge in [0.1, 0.15) is 0 Å². The molecule has 0 aromatic carbocycles. The molecule has 2 aliphatic carbocycles. The molecule has 3 rings (SSSR count). The lowest BCUT2D eigenvalue weighted by Gasteiger charge is -2.32. The molecule has 19 heavy (non-hydrogen) atoms. The Morgan fingerprint density at radius 3 is 2.32 bits per heavy atom. The van der Waals surface area contributed by atoms with Gasteiger partial charge in [-0.15, -0.1) is 0 Å². The molecule has 0 spiro atoms. The van der Waals surface area contributed by atoms with E-state index in [-0.39, 0.29) is 35.5 Å². The Morgan fingerprint density at radius 2 is 1.74 bits per heavy atom. The molecule has 4 unspecified atom stereocenters. The van der Waals surface area contributed by atoms with E-state index in [0.717, 1.165) is 25.7 Å². The number of likely N-dealkylation sites (tertiary alicyclic amines) is 1. The number of hydrogen-bond acceptors (Lipinski definition) is 3. The first-order valence-electron chi connectivity index (χ1n) is 7.16. The lowest BCUT2D eigenvalue weighted by molar-refractivity contribution is -0.155. The van der Waals surface area contributed by atoms with E-state index in [1.165, 1.54) is 4.90 Å². The monoisotopic (exact) mass is 265 g/mol. The summed E-state index contributed by atoms with van der Waals surface area (Å²) >= 11 is 0. The summed E-state index contributed by atoms with van der Waals surface area (Å²) < 4.78 is 0. The highest BCUT2D eigenvalue weighted by Crippen LogP contribution is 2.40. The van der Waals surface area contributed by atoms with E-state index in [4.69, 9.17) is 0 Å². The number of fused-ring (bicyclic) bond motifs is 2. The van der Waals surface area contributed by atoms with E-state index in [0.29, 0.717) is 19.4 Å². The summed E-state index contributed by atoms with van der Waals surface area (Å²) in [6.45, 7) is 0.321. The van der Waals surface area contributed by atoms with Crippen molar-refractivity contribution in [3.63, 3.8) is 0 Å². The Hall–Kier alpha value is -1.39. The molecule has 3 fully saturated rings. The number of carboxylic acids is 1. The van der Waals surface area contributed by atoms with Gasteiger partial charge in [0.2, 0.25) is 11.8 Å². The highest BCUT2D eigenvalue weighted by Gasteiger charge is 2.47. The molecule has 3 aliphatic rings. The number of imide groups is 1. The predicted octanol–water partition coefficient (Wildman–Crippen LogP) is 1.27.